The first kappa shape index (κ1) is 19.3. The molecule has 0 saturated carbocycles. The molecule has 10 heteroatoms. The Bertz CT molecular complexity index is 893. The molecule has 1 aromatic heterocycles. The summed E-state index contributed by atoms with van der Waals surface area (Å²) in [5.41, 5.74) is 0.499. The Morgan fingerprint density at radius 1 is 1.12 bits per heavy atom. The number of pyridine rings is 1. The van der Waals surface area contributed by atoms with E-state index in [1.165, 1.54) is 50.5 Å². The van der Waals surface area contributed by atoms with E-state index in [2.05, 4.69) is 5.32 Å². The molecule has 1 heterocycles. The van der Waals surface area contributed by atoms with Crippen molar-refractivity contribution in [1.82, 2.24) is 4.31 Å². The fourth-order valence-corrected chi connectivity index (χ4v) is 2.78. The van der Waals surface area contributed by atoms with Crippen molar-refractivity contribution in [2.45, 2.75) is 4.90 Å². The van der Waals surface area contributed by atoms with Crippen molar-refractivity contribution < 1.29 is 27.5 Å². The van der Waals surface area contributed by atoms with Gasteiger partial charge in [0.05, 0.1) is 10.5 Å². The number of rotatable bonds is 6. The summed E-state index contributed by atoms with van der Waals surface area (Å²) in [7, 11) is -0.711. The Morgan fingerprint density at radius 2 is 1.69 bits per heavy atom. The second kappa shape index (κ2) is 7.93. The topological polar surface area (TPSA) is 120 Å². The van der Waals surface area contributed by atoms with E-state index < -0.39 is 28.5 Å². The number of nitrogens with zero attached hydrogens (tertiary/aromatic N) is 2. The van der Waals surface area contributed by atoms with Gasteiger partial charge < -0.3 is 15.3 Å². The number of esters is 1. The SMILES string of the molecule is CN(C)S(=O)(=O)c1ccc(NC(=O)COC(=O)c2cc[n+]([O-])cc2)cc1. The number of carbonyl (C=O) groups is 2. The third-order valence-electron chi connectivity index (χ3n) is 3.29. The first-order chi connectivity index (χ1) is 12.2. The lowest BCUT2D eigenvalue weighted by molar-refractivity contribution is -0.605. The molecule has 2 rings (SSSR count). The van der Waals surface area contributed by atoms with Crippen LogP contribution in [0.1, 0.15) is 10.4 Å². The molecule has 2 aromatic rings. The largest absolute Gasteiger partial charge is 0.619 e. The van der Waals surface area contributed by atoms with Crippen molar-refractivity contribution in [3.8, 4) is 0 Å². The summed E-state index contributed by atoms with van der Waals surface area (Å²) in [6.45, 7) is -0.525. The first-order valence-corrected chi connectivity index (χ1v) is 8.82. The summed E-state index contributed by atoms with van der Waals surface area (Å²) in [6, 6.07) is 8.13. The quantitative estimate of drug-likeness (QED) is 0.440. The van der Waals surface area contributed by atoms with Crippen molar-refractivity contribution in [3.63, 3.8) is 0 Å². The lowest BCUT2D eigenvalue weighted by Gasteiger charge is -2.12. The molecule has 0 aliphatic carbocycles. The molecule has 0 spiro atoms. The highest BCUT2D eigenvalue weighted by Gasteiger charge is 2.17. The van der Waals surface area contributed by atoms with Gasteiger partial charge in [-0.2, -0.15) is 4.73 Å². The second-order valence-corrected chi connectivity index (χ2v) is 7.53. The van der Waals surface area contributed by atoms with Crippen LogP contribution < -0.4 is 10.0 Å². The molecule has 1 amide bonds. The molecule has 0 radical (unpaired) electrons. The normalized spacial score (nSPS) is 11.2. The minimum Gasteiger partial charge on any atom is -0.619 e. The third-order valence-corrected chi connectivity index (χ3v) is 5.12. The summed E-state index contributed by atoms with van der Waals surface area (Å²) in [5, 5.41) is 13.4. The standard InChI is InChI=1S/C16H17N3O6S/c1-18(2)26(23,24)14-5-3-13(4-6-14)17-15(20)11-25-16(21)12-7-9-19(22)10-8-12/h3-10H,11H2,1-2H3,(H,17,20). The lowest BCUT2D eigenvalue weighted by atomic mass is 10.3. The van der Waals surface area contributed by atoms with Crippen molar-refractivity contribution in [2.24, 2.45) is 0 Å². The van der Waals surface area contributed by atoms with Gasteiger partial charge in [0, 0.05) is 31.9 Å². The summed E-state index contributed by atoms with van der Waals surface area (Å²) in [4.78, 5) is 23.7. The molecule has 0 bridgehead atoms. The number of anilines is 1. The summed E-state index contributed by atoms with van der Waals surface area (Å²) in [6.07, 6.45) is 2.28. The highest BCUT2D eigenvalue weighted by molar-refractivity contribution is 7.89. The van der Waals surface area contributed by atoms with Crippen LogP contribution >= 0.6 is 0 Å². The maximum absolute atomic E-state index is 12.0. The van der Waals surface area contributed by atoms with Gasteiger partial charge in [-0.3, -0.25) is 4.79 Å². The zero-order valence-electron chi connectivity index (χ0n) is 14.1. The maximum Gasteiger partial charge on any atom is 0.339 e. The van der Waals surface area contributed by atoms with Gasteiger partial charge in [0.15, 0.2) is 19.0 Å². The number of amides is 1. The maximum atomic E-state index is 12.0. The van der Waals surface area contributed by atoms with Gasteiger partial charge in [-0.1, -0.05) is 0 Å². The Labute approximate surface area is 150 Å². The van der Waals surface area contributed by atoms with Crippen LogP contribution in [0, 0.1) is 5.21 Å². The van der Waals surface area contributed by atoms with E-state index in [1.807, 2.05) is 0 Å². The number of carbonyl (C=O) groups excluding carboxylic acids is 2. The van der Waals surface area contributed by atoms with E-state index in [-0.39, 0.29) is 10.5 Å². The monoisotopic (exact) mass is 379 g/mol. The van der Waals surface area contributed by atoms with E-state index in [0.29, 0.717) is 10.4 Å². The van der Waals surface area contributed by atoms with Gasteiger partial charge in [-0.25, -0.2) is 17.5 Å². The van der Waals surface area contributed by atoms with E-state index in [1.54, 1.807) is 0 Å². The zero-order chi connectivity index (χ0) is 19.3. The first-order valence-electron chi connectivity index (χ1n) is 7.38. The Kier molecular flexibility index (Phi) is 5.90. The minimum absolute atomic E-state index is 0.0895. The number of ether oxygens (including phenoxy) is 1. The van der Waals surface area contributed by atoms with Gasteiger partial charge in [0.25, 0.3) is 5.91 Å². The van der Waals surface area contributed by atoms with Crippen LogP contribution in [0.4, 0.5) is 5.69 Å². The number of aromatic nitrogens is 1. The van der Waals surface area contributed by atoms with Gasteiger partial charge in [0.2, 0.25) is 10.0 Å². The molecule has 1 aromatic carbocycles. The Balaban J connectivity index is 1.91. The summed E-state index contributed by atoms with van der Waals surface area (Å²) < 4.78 is 30.4. The number of hydrogen-bond donors (Lipinski definition) is 1. The van der Waals surface area contributed by atoms with Crippen LogP contribution in [0.5, 0.6) is 0 Å². The van der Waals surface area contributed by atoms with Crippen LogP contribution in [0.15, 0.2) is 53.7 Å². The van der Waals surface area contributed by atoms with Crippen molar-refractivity contribution >= 4 is 27.6 Å². The molecule has 26 heavy (non-hydrogen) atoms. The summed E-state index contributed by atoms with van der Waals surface area (Å²) >= 11 is 0. The number of sulfonamides is 1. The fourth-order valence-electron chi connectivity index (χ4n) is 1.88. The number of hydrogen-bond acceptors (Lipinski definition) is 6. The van der Waals surface area contributed by atoms with E-state index in [9.17, 15) is 23.2 Å². The van der Waals surface area contributed by atoms with E-state index in [4.69, 9.17) is 4.74 Å². The average molecular weight is 379 g/mol. The molecule has 9 nitrogen and oxygen atoms in total. The van der Waals surface area contributed by atoms with Gasteiger partial charge in [-0.05, 0) is 24.3 Å². The van der Waals surface area contributed by atoms with Crippen LogP contribution in [-0.2, 0) is 19.6 Å². The molecule has 0 atom stereocenters. The predicted octanol–water partition coefficient (Wildman–Crippen LogP) is 0.366. The van der Waals surface area contributed by atoms with Crippen LogP contribution in [-0.4, -0.2) is 45.3 Å². The lowest BCUT2D eigenvalue weighted by Crippen LogP contribution is -2.25. The van der Waals surface area contributed by atoms with Gasteiger partial charge in [0.1, 0.15) is 0 Å². The zero-order valence-corrected chi connectivity index (χ0v) is 14.9. The fraction of sp³-hybridized carbons (Fsp3) is 0.188. The second-order valence-electron chi connectivity index (χ2n) is 5.38. The molecule has 0 saturated heterocycles. The van der Waals surface area contributed by atoms with Crippen LogP contribution in [0.2, 0.25) is 0 Å². The van der Waals surface area contributed by atoms with Crippen molar-refractivity contribution in [2.75, 3.05) is 26.0 Å². The Hall–Kier alpha value is -2.98. The Morgan fingerprint density at radius 3 is 2.23 bits per heavy atom. The smallest absolute Gasteiger partial charge is 0.339 e. The number of benzene rings is 1. The third kappa shape index (κ3) is 4.77. The van der Waals surface area contributed by atoms with Crippen molar-refractivity contribution in [3.05, 3.63) is 59.6 Å². The predicted molar refractivity (Wildman–Crippen MR) is 91.6 cm³/mol. The molecular formula is C16H17N3O6S. The highest BCUT2D eigenvalue weighted by Crippen LogP contribution is 2.16. The highest BCUT2D eigenvalue weighted by atomic mass is 32.2. The van der Waals surface area contributed by atoms with Crippen LogP contribution in [0.25, 0.3) is 0 Å². The van der Waals surface area contributed by atoms with E-state index in [0.717, 1.165) is 16.7 Å². The molecule has 0 aliphatic heterocycles. The van der Waals surface area contributed by atoms with Gasteiger partial charge >= 0.3 is 5.97 Å². The molecule has 0 unspecified atom stereocenters. The molecule has 0 fully saturated rings. The van der Waals surface area contributed by atoms with Crippen molar-refractivity contribution in [1.29, 1.82) is 0 Å². The van der Waals surface area contributed by atoms with Gasteiger partial charge in [-0.15, -0.1) is 0 Å². The average Bonchev–Trinajstić information content (AvgIpc) is 2.60. The molecular weight excluding hydrogens is 362 g/mol. The van der Waals surface area contributed by atoms with E-state index >= 15 is 0 Å². The molecule has 138 valence electrons. The molecule has 1 N–H and O–H groups in total. The number of nitrogens with one attached hydrogen (secondary N) is 1. The molecule has 0 aliphatic rings. The minimum atomic E-state index is -3.55. The van der Waals surface area contributed by atoms with Crippen LogP contribution in [0.3, 0.4) is 0 Å². The summed E-state index contributed by atoms with van der Waals surface area (Å²) in [5.74, 6) is -1.33.